The van der Waals surface area contributed by atoms with Gasteiger partial charge >= 0.3 is 11.7 Å². The van der Waals surface area contributed by atoms with Gasteiger partial charge in [-0.15, -0.1) is 0 Å². The van der Waals surface area contributed by atoms with Crippen LogP contribution in [0.15, 0.2) is 5.57 Å². The standard InChI is InChI=1S/C13H19N3O4/c1-6-15-11(12(16(18)19)10(5)14-15)8(3)9(4)13(17)20-7-2/h6-7H2,1-5H3/b9-8+. The molecule has 0 spiro atoms. The van der Waals surface area contributed by atoms with Gasteiger partial charge in [-0.2, -0.15) is 5.10 Å². The summed E-state index contributed by atoms with van der Waals surface area (Å²) in [7, 11) is 0. The second-order valence-electron chi connectivity index (χ2n) is 4.33. The van der Waals surface area contributed by atoms with Gasteiger partial charge in [0.25, 0.3) is 0 Å². The molecular weight excluding hydrogens is 262 g/mol. The van der Waals surface area contributed by atoms with Gasteiger partial charge in [0.1, 0.15) is 11.4 Å². The molecule has 0 aliphatic carbocycles. The highest BCUT2D eigenvalue weighted by Gasteiger charge is 2.27. The van der Waals surface area contributed by atoms with E-state index in [-0.39, 0.29) is 12.3 Å². The van der Waals surface area contributed by atoms with E-state index in [2.05, 4.69) is 5.10 Å². The predicted molar refractivity (Wildman–Crippen MR) is 74.2 cm³/mol. The van der Waals surface area contributed by atoms with Crippen molar-refractivity contribution in [3.63, 3.8) is 0 Å². The number of esters is 1. The molecule has 0 unspecified atom stereocenters. The molecule has 0 aliphatic rings. The van der Waals surface area contributed by atoms with Gasteiger partial charge in [0.05, 0.1) is 11.5 Å². The van der Waals surface area contributed by atoms with Gasteiger partial charge in [-0.25, -0.2) is 4.79 Å². The molecule has 1 aromatic heterocycles. The molecule has 0 aliphatic heterocycles. The summed E-state index contributed by atoms with van der Waals surface area (Å²) in [6.45, 7) is 9.15. The number of hydrogen-bond acceptors (Lipinski definition) is 5. The van der Waals surface area contributed by atoms with Crippen LogP contribution in [0.5, 0.6) is 0 Å². The van der Waals surface area contributed by atoms with Gasteiger partial charge in [-0.1, -0.05) is 0 Å². The first-order valence-electron chi connectivity index (χ1n) is 6.41. The third kappa shape index (κ3) is 2.87. The molecule has 0 saturated carbocycles. The lowest BCUT2D eigenvalue weighted by molar-refractivity contribution is -0.385. The Balaban J connectivity index is 3.48. The van der Waals surface area contributed by atoms with Crippen LogP contribution >= 0.6 is 0 Å². The van der Waals surface area contributed by atoms with E-state index in [9.17, 15) is 14.9 Å². The first kappa shape index (κ1) is 15.9. The van der Waals surface area contributed by atoms with Crippen LogP contribution in [0.3, 0.4) is 0 Å². The normalized spacial score (nSPS) is 12.1. The summed E-state index contributed by atoms with van der Waals surface area (Å²) in [4.78, 5) is 22.5. The van der Waals surface area contributed by atoms with Crippen molar-refractivity contribution in [1.29, 1.82) is 0 Å². The predicted octanol–water partition coefficient (Wildman–Crippen LogP) is 2.48. The van der Waals surface area contributed by atoms with Crippen molar-refractivity contribution in [1.82, 2.24) is 9.78 Å². The maximum Gasteiger partial charge on any atom is 0.334 e. The van der Waals surface area contributed by atoms with E-state index in [1.807, 2.05) is 6.92 Å². The number of aryl methyl sites for hydroxylation is 2. The fourth-order valence-corrected chi connectivity index (χ4v) is 1.96. The molecule has 0 radical (unpaired) electrons. The van der Waals surface area contributed by atoms with Gasteiger partial charge in [0, 0.05) is 12.1 Å². The van der Waals surface area contributed by atoms with Crippen molar-refractivity contribution in [2.75, 3.05) is 6.61 Å². The fourth-order valence-electron chi connectivity index (χ4n) is 1.96. The third-order valence-electron chi connectivity index (χ3n) is 3.08. The maximum atomic E-state index is 11.8. The van der Waals surface area contributed by atoms with E-state index in [0.29, 0.717) is 29.1 Å². The molecule has 110 valence electrons. The first-order valence-corrected chi connectivity index (χ1v) is 6.41. The van der Waals surface area contributed by atoms with Crippen LogP contribution in [0.4, 0.5) is 5.69 Å². The Kier molecular flexibility index (Phi) is 5.01. The Hall–Kier alpha value is -2.18. The van der Waals surface area contributed by atoms with E-state index in [4.69, 9.17) is 4.74 Å². The lowest BCUT2D eigenvalue weighted by atomic mass is 10.1. The van der Waals surface area contributed by atoms with Gasteiger partial charge in [0.2, 0.25) is 0 Å². The smallest absolute Gasteiger partial charge is 0.334 e. The molecule has 0 saturated heterocycles. The van der Waals surface area contributed by atoms with Crippen molar-refractivity contribution >= 4 is 17.2 Å². The average molecular weight is 281 g/mol. The molecule has 0 fully saturated rings. The number of ether oxygens (including phenoxy) is 1. The van der Waals surface area contributed by atoms with Crippen molar-refractivity contribution in [2.45, 2.75) is 41.2 Å². The second-order valence-corrected chi connectivity index (χ2v) is 4.33. The molecule has 7 nitrogen and oxygen atoms in total. The number of aromatic nitrogens is 2. The van der Waals surface area contributed by atoms with Gasteiger partial charge in [-0.05, 0) is 40.2 Å². The highest BCUT2D eigenvalue weighted by Crippen LogP contribution is 2.31. The van der Waals surface area contributed by atoms with Crippen LogP contribution < -0.4 is 0 Å². The Morgan fingerprint density at radius 2 is 2.00 bits per heavy atom. The molecule has 0 bridgehead atoms. The Labute approximate surface area is 117 Å². The Morgan fingerprint density at radius 1 is 1.40 bits per heavy atom. The van der Waals surface area contributed by atoms with E-state index in [1.165, 1.54) is 4.68 Å². The van der Waals surface area contributed by atoms with Crippen molar-refractivity contribution < 1.29 is 14.5 Å². The number of rotatable bonds is 5. The number of nitrogens with zero attached hydrogens (tertiary/aromatic N) is 3. The van der Waals surface area contributed by atoms with Gasteiger partial charge < -0.3 is 4.74 Å². The van der Waals surface area contributed by atoms with Crippen LogP contribution in [0.2, 0.25) is 0 Å². The average Bonchev–Trinajstić information content (AvgIpc) is 2.74. The molecule has 7 heteroatoms. The van der Waals surface area contributed by atoms with E-state index in [0.717, 1.165) is 0 Å². The SMILES string of the molecule is CCOC(=O)/C(C)=C(\C)c1c([N+](=O)[O-])c(C)nn1CC. The third-order valence-corrected chi connectivity index (χ3v) is 3.08. The minimum atomic E-state index is -0.471. The zero-order valence-electron chi connectivity index (χ0n) is 12.4. The summed E-state index contributed by atoms with van der Waals surface area (Å²) >= 11 is 0. The molecular formula is C13H19N3O4. The molecule has 1 rings (SSSR count). The van der Waals surface area contributed by atoms with E-state index >= 15 is 0 Å². The molecule has 0 aromatic carbocycles. The van der Waals surface area contributed by atoms with Crippen LogP contribution in [0.1, 0.15) is 39.1 Å². The number of nitro groups is 1. The lowest BCUT2D eigenvalue weighted by Crippen LogP contribution is -2.10. The molecule has 0 amide bonds. The quantitative estimate of drug-likeness (QED) is 0.358. The number of carbonyl (C=O) groups is 1. The van der Waals surface area contributed by atoms with Crippen molar-refractivity contribution in [3.05, 3.63) is 27.1 Å². The Morgan fingerprint density at radius 3 is 2.45 bits per heavy atom. The lowest BCUT2D eigenvalue weighted by Gasteiger charge is -2.08. The molecule has 0 N–H and O–H groups in total. The van der Waals surface area contributed by atoms with Crippen LogP contribution in [0.25, 0.3) is 5.57 Å². The van der Waals surface area contributed by atoms with Crippen LogP contribution in [-0.2, 0) is 16.1 Å². The summed E-state index contributed by atoms with van der Waals surface area (Å²) < 4.78 is 6.46. The summed E-state index contributed by atoms with van der Waals surface area (Å²) in [5, 5.41) is 15.4. The monoisotopic (exact) mass is 281 g/mol. The molecule has 1 aromatic rings. The highest BCUT2D eigenvalue weighted by atomic mass is 16.6. The second kappa shape index (κ2) is 6.31. The van der Waals surface area contributed by atoms with Gasteiger partial charge in [0.15, 0.2) is 0 Å². The number of hydrogen-bond donors (Lipinski definition) is 0. The Bertz CT molecular complexity index is 572. The summed E-state index contributed by atoms with van der Waals surface area (Å²) in [5.41, 5.74) is 1.50. The molecule has 20 heavy (non-hydrogen) atoms. The topological polar surface area (TPSA) is 87.3 Å². The molecule has 0 atom stereocenters. The van der Waals surface area contributed by atoms with Crippen molar-refractivity contribution in [2.24, 2.45) is 0 Å². The van der Waals surface area contributed by atoms with E-state index < -0.39 is 10.9 Å². The van der Waals surface area contributed by atoms with Gasteiger partial charge in [-0.3, -0.25) is 14.8 Å². The number of allylic oxidation sites excluding steroid dienone is 1. The summed E-state index contributed by atoms with van der Waals surface area (Å²) in [5.74, 6) is -0.471. The zero-order valence-corrected chi connectivity index (χ0v) is 12.4. The van der Waals surface area contributed by atoms with Crippen molar-refractivity contribution in [3.8, 4) is 0 Å². The highest BCUT2D eigenvalue weighted by molar-refractivity contribution is 5.97. The zero-order chi connectivity index (χ0) is 15.4. The minimum absolute atomic E-state index is 0.0620. The largest absolute Gasteiger partial charge is 0.463 e. The maximum absolute atomic E-state index is 11.8. The minimum Gasteiger partial charge on any atom is -0.463 e. The first-order chi connectivity index (χ1) is 9.34. The summed E-state index contributed by atoms with van der Waals surface area (Å²) in [6.07, 6.45) is 0. The number of carbonyl (C=O) groups excluding carboxylic acids is 1. The van der Waals surface area contributed by atoms with E-state index in [1.54, 1.807) is 27.7 Å². The fraction of sp³-hybridized carbons (Fsp3) is 0.538. The molecule has 1 heterocycles. The summed E-state index contributed by atoms with van der Waals surface area (Å²) in [6, 6.07) is 0. The van der Waals surface area contributed by atoms with Crippen LogP contribution in [-0.4, -0.2) is 27.3 Å². The van der Waals surface area contributed by atoms with Crippen LogP contribution in [0, 0.1) is 17.0 Å².